The number of hydrogen-bond donors (Lipinski definition) is 1. The van der Waals surface area contributed by atoms with Crippen molar-refractivity contribution >= 4 is 17.5 Å². The van der Waals surface area contributed by atoms with E-state index in [0.717, 1.165) is 5.56 Å². The maximum atomic E-state index is 13.9. The SMILES string of the molecule is CN1C(=O)C(NC(=O)c2cc(Cc3cccnc3F)ccn2)COc2ccc(C#CC3COC3)cc21. The summed E-state index contributed by atoms with van der Waals surface area (Å²) in [5, 5.41) is 2.72. The van der Waals surface area contributed by atoms with Gasteiger partial charge in [-0.25, -0.2) is 4.98 Å². The smallest absolute Gasteiger partial charge is 0.270 e. The summed E-state index contributed by atoms with van der Waals surface area (Å²) in [5.41, 5.74) is 2.56. The number of fused-ring (bicyclic) bond motifs is 1. The van der Waals surface area contributed by atoms with Crippen LogP contribution in [0.3, 0.4) is 0 Å². The van der Waals surface area contributed by atoms with Gasteiger partial charge in [0.25, 0.3) is 11.8 Å². The molecule has 2 aliphatic heterocycles. The lowest BCUT2D eigenvalue weighted by Crippen LogP contribution is -2.49. The molecule has 5 rings (SSSR count). The number of nitrogens with zero attached hydrogens (tertiary/aromatic N) is 3. The molecule has 1 saturated heterocycles. The van der Waals surface area contributed by atoms with Crippen molar-refractivity contribution in [3.05, 3.63) is 83.2 Å². The second-order valence-electron chi connectivity index (χ2n) is 8.60. The molecule has 2 aromatic heterocycles. The monoisotopic (exact) mass is 486 g/mol. The Morgan fingerprint density at radius 1 is 1.17 bits per heavy atom. The quantitative estimate of drug-likeness (QED) is 0.450. The van der Waals surface area contributed by atoms with Crippen LogP contribution in [-0.2, 0) is 16.0 Å². The van der Waals surface area contributed by atoms with E-state index in [4.69, 9.17) is 9.47 Å². The Morgan fingerprint density at radius 3 is 2.81 bits per heavy atom. The lowest BCUT2D eigenvalue weighted by molar-refractivity contribution is -0.120. The first-order chi connectivity index (χ1) is 17.5. The predicted octanol–water partition coefficient (Wildman–Crippen LogP) is 2.36. The zero-order valence-corrected chi connectivity index (χ0v) is 19.5. The summed E-state index contributed by atoms with van der Waals surface area (Å²) in [4.78, 5) is 35.3. The Balaban J connectivity index is 1.29. The van der Waals surface area contributed by atoms with E-state index in [1.165, 1.54) is 17.3 Å². The molecule has 9 heteroatoms. The van der Waals surface area contributed by atoms with Crippen LogP contribution in [0, 0.1) is 23.7 Å². The molecule has 0 saturated carbocycles. The minimum atomic E-state index is -0.919. The van der Waals surface area contributed by atoms with Crippen molar-refractivity contribution in [2.75, 3.05) is 31.8 Å². The highest BCUT2D eigenvalue weighted by Crippen LogP contribution is 2.31. The molecule has 1 aromatic carbocycles. The van der Waals surface area contributed by atoms with Gasteiger partial charge in [-0.3, -0.25) is 14.6 Å². The van der Waals surface area contributed by atoms with Crippen molar-refractivity contribution in [3.8, 4) is 17.6 Å². The van der Waals surface area contributed by atoms with Gasteiger partial charge >= 0.3 is 0 Å². The number of rotatable bonds is 4. The van der Waals surface area contributed by atoms with Crippen molar-refractivity contribution in [2.24, 2.45) is 5.92 Å². The topological polar surface area (TPSA) is 93.7 Å². The number of halogens is 1. The summed E-state index contributed by atoms with van der Waals surface area (Å²) < 4.78 is 24.9. The molecule has 36 heavy (non-hydrogen) atoms. The lowest BCUT2D eigenvalue weighted by Gasteiger charge is -2.21. The Labute approximate surface area is 207 Å². The van der Waals surface area contributed by atoms with Gasteiger partial charge in [0.05, 0.1) is 24.8 Å². The van der Waals surface area contributed by atoms with Crippen molar-refractivity contribution in [1.82, 2.24) is 15.3 Å². The van der Waals surface area contributed by atoms with Crippen LogP contribution < -0.4 is 15.0 Å². The molecule has 0 aliphatic carbocycles. The highest BCUT2D eigenvalue weighted by Gasteiger charge is 2.31. The van der Waals surface area contributed by atoms with Crippen molar-refractivity contribution in [2.45, 2.75) is 12.5 Å². The standard InChI is InChI=1S/C27H23FN4O4/c1-32-23-13-17(4-5-19-14-35-15-19)6-7-24(23)36-16-22(27(32)34)31-26(33)21-12-18(8-10-29-21)11-20-3-2-9-30-25(20)28/h2-3,6-10,12-13,19,22H,11,14-16H2,1H3,(H,31,33). The highest BCUT2D eigenvalue weighted by atomic mass is 19.1. The molecular formula is C27H23FN4O4. The van der Waals surface area contributed by atoms with Gasteiger partial charge in [0.15, 0.2) is 0 Å². The van der Waals surface area contributed by atoms with Gasteiger partial charge in [0.2, 0.25) is 5.95 Å². The molecule has 8 nitrogen and oxygen atoms in total. The minimum Gasteiger partial charge on any atom is -0.489 e. The number of benzene rings is 1. The van der Waals surface area contributed by atoms with Crippen LogP contribution in [0.4, 0.5) is 10.1 Å². The molecule has 3 aromatic rings. The Bertz CT molecular complexity index is 1380. The molecule has 1 atom stereocenters. The second kappa shape index (κ2) is 10.1. The van der Waals surface area contributed by atoms with Crippen LogP contribution in [0.1, 0.15) is 27.2 Å². The zero-order valence-electron chi connectivity index (χ0n) is 19.5. The number of amides is 2. The van der Waals surface area contributed by atoms with Crippen LogP contribution in [0.25, 0.3) is 0 Å². The summed E-state index contributed by atoms with van der Waals surface area (Å²) in [5.74, 6) is 5.61. The first-order valence-corrected chi connectivity index (χ1v) is 11.5. The third kappa shape index (κ3) is 5.04. The summed E-state index contributed by atoms with van der Waals surface area (Å²) in [6, 6.07) is 11.0. The van der Waals surface area contributed by atoms with Crippen LogP contribution in [-0.4, -0.2) is 54.7 Å². The van der Waals surface area contributed by atoms with E-state index >= 15 is 0 Å². The van der Waals surface area contributed by atoms with E-state index < -0.39 is 17.9 Å². The molecule has 1 fully saturated rings. The molecule has 2 aliphatic rings. The number of likely N-dealkylation sites (N-methyl/N-ethyl adjacent to an activating group) is 1. The zero-order chi connectivity index (χ0) is 25.1. The first kappa shape index (κ1) is 23.5. The molecule has 182 valence electrons. The van der Waals surface area contributed by atoms with Gasteiger partial charge < -0.3 is 19.7 Å². The molecular weight excluding hydrogens is 463 g/mol. The average molecular weight is 487 g/mol. The number of nitrogens with one attached hydrogen (secondary N) is 1. The fourth-order valence-corrected chi connectivity index (χ4v) is 3.90. The number of carbonyl (C=O) groups excluding carboxylic acids is 2. The normalized spacial score (nSPS) is 17.1. The van der Waals surface area contributed by atoms with E-state index in [1.54, 1.807) is 43.4 Å². The summed E-state index contributed by atoms with van der Waals surface area (Å²) in [7, 11) is 1.63. The molecule has 1 N–H and O–H groups in total. The Kier molecular flexibility index (Phi) is 6.60. The van der Waals surface area contributed by atoms with Crippen molar-refractivity contribution in [1.29, 1.82) is 0 Å². The molecule has 2 amide bonds. The number of aromatic nitrogens is 2. The van der Waals surface area contributed by atoms with Gasteiger partial charge in [-0.2, -0.15) is 4.39 Å². The number of carbonyl (C=O) groups is 2. The van der Waals surface area contributed by atoms with Gasteiger partial charge in [-0.05, 0) is 42.0 Å². The summed E-state index contributed by atoms with van der Waals surface area (Å²) in [6.07, 6.45) is 3.11. The summed E-state index contributed by atoms with van der Waals surface area (Å²) in [6.45, 7) is 1.24. The van der Waals surface area contributed by atoms with Crippen LogP contribution in [0.5, 0.6) is 5.75 Å². The fraction of sp³-hybridized carbons (Fsp3) is 0.259. The van der Waals surface area contributed by atoms with Crippen molar-refractivity contribution in [3.63, 3.8) is 0 Å². The average Bonchev–Trinajstić information content (AvgIpc) is 2.97. The summed E-state index contributed by atoms with van der Waals surface area (Å²) >= 11 is 0. The molecule has 4 heterocycles. The third-order valence-corrected chi connectivity index (χ3v) is 6.01. The fourth-order valence-electron chi connectivity index (χ4n) is 3.90. The van der Waals surface area contributed by atoms with Crippen LogP contribution >= 0.6 is 0 Å². The lowest BCUT2D eigenvalue weighted by atomic mass is 10.1. The molecule has 0 radical (unpaired) electrons. The third-order valence-electron chi connectivity index (χ3n) is 6.01. The van der Waals surface area contributed by atoms with Crippen molar-refractivity contribution < 1.29 is 23.5 Å². The number of anilines is 1. The van der Waals surface area contributed by atoms with Gasteiger partial charge in [-0.15, -0.1) is 0 Å². The maximum Gasteiger partial charge on any atom is 0.270 e. The van der Waals surface area contributed by atoms with E-state index in [0.29, 0.717) is 35.8 Å². The Morgan fingerprint density at radius 2 is 2.03 bits per heavy atom. The molecule has 1 unspecified atom stereocenters. The largest absolute Gasteiger partial charge is 0.489 e. The van der Waals surface area contributed by atoms with Gasteiger partial charge in [0, 0.05) is 37.0 Å². The first-order valence-electron chi connectivity index (χ1n) is 11.5. The Hall–Kier alpha value is -4.29. The number of ether oxygens (including phenoxy) is 2. The van der Waals surface area contributed by atoms with E-state index in [-0.39, 0.29) is 30.5 Å². The second-order valence-corrected chi connectivity index (χ2v) is 8.60. The number of pyridine rings is 2. The highest BCUT2D eigenvalue weighted by molar-refractivity contribution is 6.03. The van der Waals surface area contributed by atoms with E-state index in [2.05, 4.69) is 27.1 Å². The van der Waals surface area contributed by atoms with Crippen LogP contribution in [0.2, 0.25) is 0 Å². The molecule has 0 spiro atoms. The minimum absolute atomic E-state index is 0.0348. The molecule has 0 bridgehead atoms. The van der Waals surface area contributed by atoms with E-state index in [9.17, 15) is 14.0 Å². The van der Waals surface area contributed by atoms with Gasteiger partial charge in [0.1, 0.15) is 24.1 Å². The predicted molar refractivity (Wildman–Crippen MR) is 129 cm³/mol. The maximum absolute atomic E-state index is 13.9. The van der Waals surface area contributed by atoms with Gasteiger partial charge in [-0.1, -0.05) is 17.9 Å². The number of hydrogen-bond acceptors (Lipinski definition) is 6. The van der Waals surface area contributed by atoms with Crippen LogP contribution in [0.15, 0.2) is 54.9 Å². The van der Waals surface area contributed by atoms with E-state index in [1.807, 2.05) is 6.07 Å².